The largest absolute Gasteiger partial charge is 0.338 e. The van der Waals surface area contributed by atoms with Gasteiger partial charge in [0.25, 0.3) is 5.91 Å². The molecular weight excluding hydrogens is 324 g/mol. The molecule has 0 unspecified atom stereocenters. The number of fused-ring (bicyclic) bond motifs is 1. The van der Waals surface area contributed by atoms with Crippen LogP contribution >= 0.6 is 0 Å². The van der Waals surface area contributed by atoms with Crippen molar-refractivity contribution in [2.24, 2.45) is 7.05 Å². The molecule has 3 heterocycles. The summed E-state index contributed by atoms with van der Waals surface area (Å²) in [6.07, 6.45) is 3.31. The van der Waals surface area contributed by atoms with E-state index in [1.54, 1.807) is 6.20 Å². The summed E-state index contributed by atoms with van der Waals surface area (Å²) >= 11 is 0. The predicted octanol–water partition coefficient (Wildman–Crippen LogP) is 3.03. The van der Waals surface area contributed by atoms with Gasteiger partial charge in [-0.1, -0.05) is 30.3 Å². The molecule has 0 bridgehead atoms. The maximum atomic E-state index is 12.8. The van der Waals surface area contributed by atoms with Crippen LogP contribution in [0.25, 0.3) is 11.3 Å². The first-order valence-corrected chi connectivity index (χ1v) is 8.95. The highest BCUT2D eigenvalue weighted by Gasteiger charge is 2.25. The molecule has 0 N–H and O–H groups in total. The third kappa shape index (κ3) is 3.01. The highest BCUT2D eigenvalue weighted by molar-refractivity contribution is 5.94. The molecular formula is C21H22N4O. The van der Waals surface area contributed by atoms with Gasteiger partial charge in [-0.3, -0.25) is 14.5 Å². The van der Waals surface area contributed by atoms with Crippen molar-refractivity contribution < 1.29 is 4.79 Å². The quantitative estimate of drug-likeness (QED) is 0.717. The molecule has 0 radical (unpaired) electrons. The van der Waals surface area contributed by atoms with Crippen LogP contribution in [0.4, 0.5) is 0 Å². The number of benzene rings is 1. The van der Waals surface area contributed by atoms with Gasteiger partial charge in [0.1, 0.15) is 0 Å². The number of hydrogen-bond acceptors (Lipinski definition) is 3. The number of aryl methyl sites for hydroxylation is 2. The summed E-state index contributed by atoms with van der Waals surface area (Å²) in [6, 6.07) is 14.0. The van der Waals surface area contributed by atoms with Crippen molar-refractivity contribution in [3.05, 3.63) is 71.2 Å². The van der Waals surface area contributed by atoms with E-state index in [0.717, 1.165) is 29.8 Å². The van der Waals surface area contributed by atoms with E-state index in [-0.39, 0.29) is 5.91 Å². The molecule has 2 aromatic heterocycles. The van der Waals surface area contributed by atoms with Gasteiger partial charge in [-0.05, 0) is 25.5 Å². The van der Waals surface area contributed by atoms with E-state index in [2.05, 4.69) is 17.1 Å². The first kappa shape index (κ1) is 16.5. The minimum Gasteiger partial charge on any atom is -0.338 e. The van der Waals surface area contributed by atoms with Crippen molar-refractivity contribution in [3.8, 4) is 11.3 Å². The Hall–Kier alpha value is -2.95. The molecule has 26 heavy (non-hydrogen) atoms. The smallest absolute Gasteiger partial charge is 0.255 e. The highest BCUT2D eigenvalue weighted by atomic mass is 16.2. The molecule has 1 aliphatic rings. The summed E-state index contributed by atoms with van der Waals surface area (Å²) in [7, 11) is 1.99. The zero-order chi connectivity index (χ0) is 18.1. The molecule has 132 valence electrons. The lowest BCUT2D eigenvalue weighted by Gasteiger charge is -2.20. The number of rotatable bonds is 2. The Morgan fingerprint density at radius 1 is 1.04 bits per heavy atom. The minimum absolute atomic E-state index is 0.0551. The van der Waals surface area contributed by atoms with Gasteiger partial charge >= 0.3 is 0 Å². The van der Waals surface area contributed by atoms with Crippen LogP contribution in [0, 0.1) is 6.92 Å². The molecule has 5 heteroatoms. The molecule has 0 aliphatic carbocycles. The van der Waals surface area contributed by atoms with Crippen molar-refractivity contribution in [2.75, 3.05) is 13.1 Å². The molecule has 1 aliphatic heterocycles. The van der Waals surface area contributed by atoms with Crippen LogP contribution in [-0.4, -0.2) is 38.7 Å². The molecule has 3 aromatic rings. The number of nitrogens with zero attached hydrogens (tertiary/aromatic N) is 4. The zero-order valence-electron chi connectivity index (χ0n) is 15.1. The number of pyridine rings is 1. The van der Waals surface area contributed by atoms with Gasteiger partial charge in [0, 0.05) is 55.3 Å². The topological polar surface area (TPSA) is 51.0 Å². The third-order valence-electron chi connectivity index (χ3n) is 5.02. The van der Waals surface area contributed by atoms with E-state index < -0.39 is 0 Å². The van der Waals surface area contributed by atoms with Crippen LogP contribution in [0.3, 0.4) is 0 Å². The van der Waals surface area contributed by atoms with E-state index in [4.69, 9.17) is 5.10 Å². The van der Waals surface area contributed by atoms with Crippen molar-refractivity contribution >= 4 is 5.91 Å². The Morgan fingerprint density at radius 3 is 2.54 bits per heavy atom. The number of carbonyl (C=O) groups excluding carboxylic acids is 1. The van der Waals surface area contributed by atoms with E-state index >= 15 is 0 Å². The average Bonchev–Trinajstić information content (AvgIpc) is 2.84. The molecule has 0 saturated carbocycles. The third-order valence-corrected chi connectivity index (χ3v) is 5.02. The molecule has 1 amide bonds. The molecule has 0 fully saturated rings. The van der Waals surface area contributed by atoms with Crippen LogP contribution in [0.5, 0.6) is 0 Å². The summed E-state index contributed by atoms with van der Waals surface area (Å²) in [5.74, 6) is 0.0551. The average molecular weight is 346 g/mol. The second kappa shape index (κ2) is 6.75. The lowest BCUT2D eigenvalue weighted by Crippen LogP contribution is -2.33. The van der Waals surface area contributed by atoms with E-state index in [9.17, 15) is 4.79 Å². The first-order chi connectivity index (χ1) is 12.6. The van der Waals surface area contributed by atoms with Gasteiger partial charge < -0.3 is 4.90 Å². The van der Waals surface area contributed by atoms with E-state index in [1.165, 1.54) is 11.3 Å². The van der Waals surface area contributed by atoms with Crippen LogP contribution < -0.4 is 0 Å². The summed E-state index contributed by atoms with van der Waals surface area (Å²) in [5, 5.41) is 4.75. The zero-order valence-corrected chi connectivity index (χ0v) is 15.1. The summed E-state index contributed by atoms with van der Waals surface area (Å²) < 4.78 is 1.97. The minimum atomic E-state index is 0.0551. The Labute approximate surface area is 153 Å². The second-order valence-corrected chi connectivity index (χ2v) is 6.74. The second-order valence-electron chi connectivity index (χ2n) is 6.74. The van der Waals surface area contributed by atoms with Gasteiger partial charge in [-0.25, -0.2) is 0 Å². The molecule has 1 aromatic carbocycles. The first-order valence-electron chi connectivity index (χ1n) is 8.95. The van der Waals surface area contributed by atoms with E-state index in [1.807, 2.05) is 53.9 Å². The van der Waals surface area contributed by atoms with Crippen LogP contribution in [0.2, 0.25) is 0 Å². The Kier molecular flexibility index (Phi) is 4.29. The van der Waals surface area contributed by atoms with Gasteiger partial charge in [0.2, 0.25) is 0 Å². The fourth-order valence-electron chi connectivity index (χ4n) is 3.59. The van der Waals surface area contributed by atoms with Gasteiger partial charge in [-0.15, -0.1) is 0 Å². The molecule has 4 rings (SSSR count). The predicted molar refractivity (Wildman–Crippen MR) is 101 cm³/mol. The van der Waals surface area contributed by atoms with Crippen LogP contribution in [0.15, 0.2) is 48.7 Å². The normalized spacial score (nSPS) is 14.0. The molecule has 0 atom stereocenters. The Bertz CT molecular complexity index is 929. The lowest BCUT2D eigenvalue weighted by molar-refractivity contribution is 0.0762. The lowest BCUT2D eigenvalue weighted by atomic mass is 10.0. The number of aromatic nitrogens is 3. The fraction of sp³-hybridized carbons (Fsp3) is 0.286. The standard InChI is InChI=1S/C21H22N4O/c1-15-8-9-17(14-22-15)21(26)25-12-10-18-19(11-13-25)24(2)23-20(18)16-6-4-3-5-7-16/h3-9,14H,10-13H2,1-2H3. The van der Waals surface area contributed by atoms with Gasteiger partial charge in [0.05, 0.1) is 11.3 Å². The molecule has 0 spiro atoms. The number of carbonyl (C=O) groups is 1. The molecule has 0 saturated heterocycles. The van der Waals surface area contributed by atoms with Gasteiger partial charge in [-0.2, -0.15) is 5.10 Å². The number of amides is 1. The van der Waals surface area contributed by atoms with Gasteiger partial charge in [0.15, 0.2) is 0 Å². The van der Waals surface area contributed by atoms with Crippen molar-refractivity contribution in [3.63, 3.8) is 0 Å². The van der Waals surface area contributed by atoms with Crippen molar-refractivity contribution in [2.45, 2.75) is 19.8 Å². The highest BCUT2D eigenvalue weighted by Crippen LogP contribution is 2.28. The SMILES string of the molecule is Cc1ccc(C(=O)N2CCc3c(-c4ccccc4)nn(C)c3CC2)cn1. The Balaban J connectivity index is 1.60. The van der Waals surface area contributed by atoms with Crippen LogP contribution in [-0.2, 0) is 19.9 Å². The number of hydrogen-bond donors (Lipinski definition) is 0. The van der Waals surface area contributed by atoms with Crippen LogP contribution in [0.1, 0.15) is 27.3 Å². The maximum Gasteiger partial charge on any atom is 0.255 e. The monoisotopic (exact) mass is 346 g/mol. The summed E-state index contributed by atoms with van der Waals surface area (Å²) in [5.41, 5.74) is 6.23. The summed E-state index contributed by atoms with van der Waals surface area (Å²) in [4.78, 5) is 19.0. The fourth-order valence-corrected chi connectivity index (χ4v) is 3.59. The maximum absolute atomic E-state index is 12.8. The van der Waals surface area contributed by atoms with Crippen molar-refractivity contribution in [1.82, 2.24) is 19.7 Å². The molecule has 5 nitrogen and oxygen atoms in total. The summed E-state index contributed by atoms with van der Waals surface area (Å²) in [6.45, 7) is 3.33. The van der Waals surface area contributed by atoms with E-state index in [0.29, 0.717) is 18.7 Å². The van der Waals surface area contributed by atoms with Crippen molar-refractivity contribution in [1.29, 1.82) is 0 Å². The Morgan fingerprint density at radius 2 is 1.81 bits per heavy atom.